The van der Waals surface area contributed by atoms with Crippen LogP contribution in [-0.2, 0) is 18.4 Å². The third-order valence-electron chi connectivity index (χ3n) is 6.07. The Kier molecular flexibility index (Phi) is 4.53. The Hall–Kier alpha value is -4.03. The lowest BCUT2D eigenvalue weighted by Crippen LogP contribution is -2.36. The van der Waals surface area contributed by atoms with Gasteiger partial charge in [0.15, 0.2) is 5.65 Å². The van der Waals surface area contributed by atoms with Crippen LogP contribution >= 0.6 is 0 Å². The molecule has 1 amide bonds. The number of pyridine rings is 2. The fraction of sp³-hybridized carbons (Fsp3) is 0.261. The molecular weight excluding hydrogens is 406 g/mol. The number of nitrogen functional groups attached to an aromatic ring is 1. The van der Waals surface area contributed by atoms with Crippen LogP contribution in [0.5, 0.6) is 0 Å². The Labute approximate surface area is 184 Å². The largest absolute Gasteiger partial charge is 0.383 e. The first kappa shape index (κ1) is 19.9. The lowest BCUT2D eigenvalue weighted by atomic mass is 9.95. The highest BCUT2D eigenvalue weighted by Gasteiger charge is 2.29. The fourth-order valence-corrected chi connectivity index (χ4v) is 4.33. The van der Waals surface area contributed by atoms with Crippen LogP contribution in [-0.4, -0.2) is 44.2 Å². The molecule has 0 spiro atoms. The normalized spacial score (nSPS) is 15.5. The average Bonchev–Trinajstić information content (AvgIpc) is 3.19. The molecule has 5 rings (SSSR count). The number of ether oxygens (including phenoxy) is 1. The third kappa shape index (κ3) is 2.96. The van der Waals surface area contributed by atoms with E-state index in [1.807, 2.05) is 25.2 Å². The number of anilines is 1. The smallest absolute Gasteiger partial charge is 0.256 e. The molecule has 1 aromatic carbocycles. The molecule has 32 heavy (non-hydrogen) atoms. The Balaban J connectivity index is 1.59. The number of aryl methyl sites for hydroxylation is 2. The summed E-state index contributed by atoms with van der Waals surface area (Å²) in [7, 11) is 3.58. The van der Waals surface area contributed by atoms with E-state index in [0.29, 0.717) is 41.5 Å². The molecule has 0 bridgehead atoms. The minimum absolute atomic E-state index is 0.171. The van der Waals surface area contributed by atoms with Gasteiger partial charge in [0.05, 0.1) is 59.2 Å². The Bertz CT molecular complexity index is 1450. The molecule has 0 fully saturated rings. The van der Waals surface area contributed by atoms with Gasteiger partial charge in [0.25, 0.3) is 5.91 Å². The van der Waals surface area contributed by atoms with Gasteiger partial charge in [-0.05, 0) is 36.2 Å². The summed E-state index contributed by atoms with van der Waals surface area (Å²) in [4.78, 5) is 24.2. The zero-order chi connectivity index (χ0) is 22.6. The first-order chi connectivity index (χ1) is 15.4. The number of aromatic nitrogens is 4. The number of rotatable bonds is 2. The van der Waals surface area contributed by atoms with Crippen molar-refractivity contribution in [1.82, 2.24) is 24.6 Å². The minimum Gasteiger partial charge on any atom is -0.383 e. The van der Waals surface area contributed by atoms with Crippen molar-refractivity contribution in [2.24, 2.45) is 7.05 Å². The number of hydrogen-bond donors (Lipinski definition) is 1. The molecule has 160 valence electrons. The summed E-state index contributed by atoms with van der Waals surface area (Å²) in [5.41, 5.74) is 10.9. The van der Waals surface area contributed by atoms with E-state index >= 15 is 0 Å². The number of nitrogens with two attached hydrogens (primary N) is 1. The van der Waals surface area contributed by atoms with Gasteiger partial charge in [-0.3, -0.25) is 9.48 Å². The molecule has 0 saturated carbocycles. The number of hydrogen-bond acceptors (Lipinski definition) is 7. The van der Waals surface area contributed by atoms with Crippen molar-refractivity contribution in [2.75, 3.05) is 19.4 Å². The highest BCUT2D eigenvalue weighted by Crippen LogP contribution is 2.32. The molecule has 1 aliphatic heterocycles. The van der Waals surface area contributed by atoms with E-state index in [-0.39, 0.29) is 11.9 Å². The number of likely N-dealkylation sites (N-methyl/N-ethyl adjacent to an activating group) is 1. The molecule has 0 radical (unpaired) electrons. The molecule has 2 N–H and O–H groups in total. The van der Waals surface area contributed by atoms with E-state index in [1.54, 1.807) is 35.8 Å². The number of amides is 1. The van der Waals surface area contributed by atoms with Crippen LogP contribution in [0.25, 0.3) is 21.9 Å². The van der Waals surface area contributed by atoms with E-state index < -0.39 is 0 Å². The van der Waals surface area contributed by atoms with E-state index in [2.05, 4.69) is 21.1 Å². The molecule has 4 aromatic rings. The monoisotopic (exact) mass is 427 g/mol. The average molecular weight is 427 g/mol. The summed E-state index contributed by atoms with van der Waals surface area (Å²) >= 11 is 0. The molecule has 1 atom stereocenters. The van der Waals surface area contributed by atoms with Crippen LogP contribution in [0.1, 0.15) is 38.8 Å². The summed E-state index contributed by atoms with van der Waals surface area (Å²) in [5.74, 6) is 0.186. The molecule has 1 aliphatic rings. The summed E-state index contributed by atoms with van der Waals surface area (Å²) in [6.07, 6.45) is 1.66. The molecule has 9 heteroatoms. The first-order valence-corrected chi connectivity index (χ1v) is 10.2. The zero-order valence-electron chi connectivity index (χ0n) is 18.0. The predicted molar refractivity (Wildman–Crippen MR) is 119 cm³/mol. The topological polar surface area (TPSA) is 123 Å². The molecule has 0 unspecified atom stereocenters. The molecular formula is C23H21N7O2. The number of nitrogens with zero attached hydrogens (tertiary/aromatic N) is 6. The van der Waals surface area contributed by atoms with E-state index in [0.717, 1.165) is 27.4 Å². The zero-order valence-corrected chi connectivity index (χ0v) is 18.0. The number of benzene rings is 1. The van der Waals surface area contributed by atoms with Gasteiger partial charge in [-0.2, -0.15) is 10.4 Å². The second kappa shape index (κ2) is 7.28. The van der Waals surface area contributed by atoms with Crippen LogP contribution in [0.2, 0.25) is 0 Å². The van der Waals surface area contributed by atoms with Crippen molar-refractivity contribution in [1.29, 1.82) is 5.26 Å². The minimum atomic E-state index is -0.268. The summed E-state index contributed by atoms with van der Waals surface area (Å²) in [6, 6.07) is 9.19. The summed E-state index contributed by atoms with van der Waals surface area (Å²) < 4.78 is 7.45. The van der Waals surface area contributed by atoms with Crippen LogP contribution in [0.3, 0.4) is 0 Å². The molecule has 9 nitrogen and oxygen atoms in total. The number of carbonyl (C=O) groups is 1. The Morgan fingerprint density at radius 3 is 2.91 bits per heavy atom. The lowest BCUT2D eigenvalue weighted by molar-refractivity contribution is 0.0345. The van der Waals surface area contributed by atoms with E-state index in [9.17, 15) is 10.1 Å². The third-order valence-corrected chi connectivity index (χ3v) is 6.07. The Morgan fingerprint density at radius 1 is 1.31 bits per heavy atom. The van der Waals surface area contributed by atoms with Crippen LogP contribution < -0.4 is 5.73 Å². The van der Waals surface area contributed by atoms with Gasteiger partial charge in [-0.1, -0.05) is 6.07 Å². The van der Waals surface area contributed by atoms with Gasteiger partial charge in [-0.15, -0.1) is 0 Å². The second-order valence-corrected chi connectivity index (χ2v) is 7.99. The summed E-state index contributed by atoms with van der Waals surface area (Å²) in [6.45, 7) is 2.59. The van der Waals surface area contributed by atoms with Gasteiger partial charge < -0.3 is 15.4 Å². The molecule has 0 saturated heterocycles. The van der Waals surface area contributed by atoms with Crippen molar-refractivity contribution >= 4 is 33.7 Å². The molecule has 4 heterocycles. The van der Waals surface area contributed by atoms with Gasteiger partial charge in [0.1, 0.15) is 5.82 Å². The standard InChI is InChI=1S/C23H21N7O2/c1-12-16(7-17-20-18(9-26-30(20)3)21(25)28-22(17)27-12)23(31)29(2)19-11-32-10-14-6-13(8-24)4-5-15(14)19/h4-7,9,19H,10-11H2,1-3H3,(H2,25,27,28)/t19-/m1/s1. The summed E-state index contributed by atoms with van der Waals surface area (Å²) in [5, 5.41) is 14.9. The van der Waals surface area contributed by atoms with Gasteiger partial charge in [0.2, 0.25) is 0 Å². The second-order valence-electron chi connectivity index (χ2n) is 7.99. The highest BCUT2D eigenvalue weighted by atomic mass is 16.5. The quantitative estimate of drug-likeness (QED) is 0.521. The van der Waals surface area contributed by atoms with Crippen LogP contribution in [0, 0.1) is 18.3 Å². The van der Waals surface area contributed by atoms with Crippen molar-refractivity contribution in [2.45, 2.75) is 19.6 Å². The Morgan fingerprint density at radius 2 is 2.12 bits per heavy atom. The maximum atomic E-state index is 13.6. The van der Waals surface area contributed by atoms with Crippen molar-refractivity contribution in [3.63, 3.8) is 0 Å². The molecule has 3 aromatic heterocycles. The highest BCUT2D eigenvalue weighted by molar-refractivity contribution is 6.09. The van der Waals surface area contributed by atoms with Crippen molar-refractivity contribution in [3.8, 4) is 6.07 Å². The maximum absolute atomic E-state index is 13.6. The van der Waals surface area contributed by atoms with E-state index in [1.165, 1.54) is 0 Å². The maximum Gasteiger partial charge on any atom is 0.256 e. The number of nitriles is 1. The van der Waals surface area contributed by atoms with Crippen molar-refractivity contribution in [3.05, 3.63) is 58.4 Å². The van der Waals surface area contributed by atoms with Crippen LogP contribution in [0.4, 0.5) is 5.82 Å². The predicted octanol–water partition coefficient (Wildman–Crippen LogP) is 2.62. The van der Waals surface area contributed by atoms with Crippen molar-refractivity contribution < 1.29 is 9.53 Å². The van der Waals surface area contributed by atoms with E-state index in [4.69, 9.17) is 10.5 Å². The van der Waals surface area contributed by atoms with Crippen LogP contribution in [0.15, 0.2) is 30.5 Å². The van der Waals surface area contributed by atoms with Gasteiger partial charge in [0, 0.05) is 19.5 Å². The lowest BCUT2D eigenvalue weighted by Gasteiger charge is -2.33. The van der Waals surface area contributed by atoms with Gasteiger partial charge in [-0.25, -0.2) is 9.97 Å². The fourth-order valence-electron chi connectivity index (χ4n) is 4.33. The number of carbonyl (C=O) groups excluding carboxylic acids is 1. The molecule has 0 aliphatic carbocycles. The van der Waals surface area contributed by atoms with Gasteiger partial charge >= 0.3 is 0 Å². The first-order valence-electron chi connectivity index (χ1n) is 10.2. The number of fused-ring (bicyclic) bond motifs is 4. The SMILES string of the molecule is Cc1nc2nc(N)c3cnn(C)c3c2cc1C(=O)N(C)[C@@H]1COCc2cc(C#N)ccc21.